The number of ether oxygens (including phenoxy) is 2. The summed E-state index contributed by atoms with van der Waals surface area (Å²) in [4.78, 5) is 0. The maximum Gasteiger partial charge on any atom is 0.160 e. The van der Waals surface area contributed by atoms with Crippen molar-refractivity contribution in [1.82, 2.24) is 0 Å². The van der Waals surface area contributed by atoms with Gasteiger partial charge in [0.2, 0.25) is 0 Å². The first-order chi connectivity index (χ1) is 6.77. The SMILES string of the molecule is C[C@H]1CO[C@@H](C2CCCCC2)O[C@@H]1C. The molecule has 1 aliphatic heterocycles. The van der Waals surface area contributed by atoms with E-state index in [0.29, 0.717) is 17.9 Å². The highest BCUT2D eigenvalue weighted by atomic mass is 16.7. The molecule has 0 bridgehead atoms. The van der Waals surface area contributed by atoms with Crippen molar-refractivity contribution in [3.63, 3.8) is 0 Å². The van der Waals surface area contributed by atoms with Gasteiger partial charge in [0, 0.05) is 11.8 Å². The molecule has 0 radical (unpaired) electrons. The zero-order valence-corrected chi connectivity index (χ0v) is 9.37. The van der Waals surface area contributed by atoms with E-state index in [9.17, 15) is 0 Å². The Morgan fingerprint density at radius 3 is 2.36 bits per heavy atom. The lowest BCUT2D eigenvalue weighted by Crippen LogP contribution is -2.41. The van der Waals surface area contributed by atoms with Gasteiger partial charge < -0.3 is 9.47 Å². The summed E-state index contributed by atoms with van der Waals surface area (Å²) >= 11 is 0. The summed E-state index contributed by atoms with van der Waals surface area (Å²) in [6, 6.07) is 0. The van der Waals surface area contributed by atoms with Gasteiger partial charge >= 0.3 is 0 Å². The first kappa shape index (κ1) is 10.4. The van der Waals surface area contributed by atoms with E-state index in [0.717, 1.165) is 6.61 Å². The van der Waals surface area contributed by atoms with Crippen LogP contribution in [0.25, 0.3) is 0 Å². The fourth-order valence-electron chi connectivity index (χ4n) is 2.42. The quantitative estimate of drug-likeness (QED) is 0.645. The molecule has 1 heterocycles. The Labute approximate surface area is 87.0 Å². The summed E-state index contributed by atoms with van der Waals surface area (Å²) in [5, 5.41) is 0. The predicted octanol–water partition coefficient (Wildman–Crippen LogP) is 2.96. The molecule has 1 aliphatic carbocycles. The van der Waals surface area contributed by atoms with Crippen molar-refractivity contribution in [3.05, 3.63) is 0 Å². The van der Waals surface area contributed by atoms with Gasteiger partial charge in [-0.15, -0.1) is 0 Å². The maximum atomic E-state index is 5.92. The molecule has 14 heavy (non-hydrogen) atoms. The highest BCUT2D eigenvalue weighted by molar-refractivity contribution is 4.74. The molecule has 2 aliphatic rings. The maximum absolute atomic E-state index is 5.92. The van der Waals surface area contributed by atoms with Crippen molar-refractivity contribution in [2.75, 3.05) is 6.61 Å². The molecule has 82 valence electrons. The Morgan fingerprint density at radius 2 is 1.71 bits per heavy atom. The zero-order valence-electron chi connectivity index (χ0n) is 9.37. The predicted molar refractivity (Wildman–Crippen MR) is 56.0 cm³/mol. The molecule has 0 amide bonds. The first-order valence-corrected chi connectivity index (χ1v) is 6.04. The molecule has 0 spiro atoms. The van der Waals surface area contributed by atoms with Crippen LogP contribution in [0.5, 0.6) is 0 Å². The second kappa shape index (κ2) is 4.63. The minimum absolute atomic E-state index is 0.0986. The smallest absolute Gasteiger partial charge is 0.160 e. The number of rotatable bonds is 1. The fraction of sp³-hybridized carbons (Fsp3) is 1.00. The molecule has 0 aromatic carbocycles. The normalized spacial score (nSPS) is 41.1. The van der Waals surface area contributed by atoms with Crippen LogP contribution in [-0.2, 0) is 9.47 Å². The largest absolute Gasteiger partial charge is 0.352 e. The van der Waals surface area contributed by atoms with Gasteiger partial charge in [-0.3, -0.25) is 0 Å². The van der Waals surface area contributed by atoms with E-state index in [-0.39, 0.29) is 6.29 Å². The van der Waals surface area contributed by atoms with Gasteiger partial charge in [-0.2, -0.15) is 0 Å². The van der Waals surface area contributed by atoms with Crippen molar-refractivity contribution in [2.24, 2.45) is 11.8 Å². The topological polar surface area (TPSA) is 18.5 Å². The van der Waals surface area contributed by atoms with Gasteiger partial charge in [0.05, 0.1) is 12.7 Å². The lowest BCUT2D eigenvalue weighted by Gasteiger charge is -2.38. The Hall–Kier alpha value is -0.0800. The molecule has 0 N–H and O–H groups in total. The van der Waals surface area contributed by atoms with E-state index in [1.807, 2.05) is 0 Å². The molecule has 2 fully saturated rings. The van der Waals surface area contributed by atoms with Crippen LogP contribution >= 0.6 is 0 Å². The van der Waals surface area contributed by atoms with Crippen molar-refractivity contribution >= 4 is 0 Å². The van der Waals surface area contributed by atoms with Crippen LogP contribution in [-0.4, -0.2) is 19.0 Å². The Morgan fingerprint density at radius 1 is 1.00 bits per heavy atom. The van der Waals surface area contributed by atoms with Gasteiger partial charge in [0.1, 0.15) is 0 Å². The Kier molecular flexibility index (Phi) is 3.45. The minimum Gasteiger partial charge on any atom is -0.352 e. The molecule has 2 heteroatoms. The van der Waals surface area contributed by atoms with Crippen LogP contribution < -0.4 is 0 Å². The molecule has 0 unspecified atom stereocenters. The summed E-state index contributed by atoms with van der Waals surface area (Å²) in [6.45, 7) is 5.24. The van der Waals surface area contributed by atoms with Crippen molar-refractivity contribution in [1.29, 1.82) is 0 Å². The molecular formula is C12H22O2. The van der Waals surface area contributed by atoms with Crippen LogP contribution in [0.1, 0.15) is 46.0 Å². The van der Waals surface area contributed by atoms with Crippen LogP contribution in [0.2, 0.25) is 0 Å². The molecule has 2 rings (SSSR count). The average Bonchev–Trinajstić information content (AvgIpc) is 2.23. The van der Waals surface area contributed by atoms with E-state index < -0.39 is 0 Å². The van der Waals surface area contributed by atoms with Gasteiger partial charge in [0.25, 0.3) is 0 Å². The Balaban J connectivity index is 1.85. The third-order valence-corrected chi connectivity index (χ3v) is 3.71. The summed E-state index contributed by atoms with van der Waals surface area (Å²) in [7, 11) is 0. The van der Waals surface area contributed by atoms with E-state index in [4.69, 9.17) is 9.47 Å². The number of hydrogen-bond acceptors (Lipinski definition) is 2. The third-order valence-electron chi connectivity index (χ3n) is 3.71. The molecular weight excluding hydrogens is 176 g/mol. The van der Waals surface area contributed by atoms with Gasteiger partial charge in [-0.25, -0.2) is 0 Å². The molecule has 0 aromatic heterocycles. The van der Waals surface area contributed by atoms with E-state index in [1.165, 1.54) is 32.1 Å². The Bertz CT molecular complexity index is 175. The first-order valence-electron chi connectivity index (χ1n) is 6.04. The summed E-state index contributed by atoms with van der Waals surface area (Å²) in [5.74, 6) is 1.22. The summed E-state index contributed by atoms with van der Waals surface area (Å²) in [5.41, 5.74) is 0. The zero-order chi connectivity index (χ0) is 9.97. The summed E-state index contributed by atoms with van der Waals surface area (Å²) < 4.78 is 11.7. The molecule has 2 nitrogen and oxygen atoms in total. The lowest BCUT2D eigenvalue weighted by atomic mass is 9.88. The van der Waals surface area contributed by atoms with Crippen molar-refractivity contribution in [2.45, 2.75) is 58.3 Å². The lowest BCUT2D eigenvalue weighted by molar-refractivity contribution is -0.253. The average molecular weight is 198 g/mol. The van der Waals surface area contributed by atoms with Crippen molar-refractivity contribution < 1.29 is 9.47 Å². The van der Waals surface area contributed by atoms with Gasteiger partial charge in [-0.1, -0.05) is 26.2 Å². The fourth-order valence-corrected chi connectivity index (χ4v) is 2.42. The van der Waals surface area contributed by atoms with Crippen LogP contribution in [0, 0.1) is 11.8 Å². The molecule has 0 aromatic rings. The van der Waals surface area contributed by atoms with E-state index >= 15 is 0 Å². The van der Waals surface area contributed by atoms with Crippen molar-refractivity contribution in [3.8, 4) is 0 Å². The van der Waals surface area contributed by atoms with Gasteiger partial charge in [-0.05, 0) is 19.8 Å². The highest BCUT2D eigenvalue weighted by Crippen LogP contribution is 2.32. The highest BCUT2D eigenvalue weighted by Gasteiger charge is 2.32. The van der Waals surface area contributed by atoms with Gasteiger partial charge in [0.15, 0.2) is 6.29 Å². The molecule has 1 saturated heterocycles. The molecule has 3 atom stereocenters. The summed E-state index contributed by atoms with van der Waals surface area (Å²) in [6.07, 6.45) is 7.18. The van der Waals surface area contributed by atoms with Crippen LogP contribution in [0.3, 0.4) is 0 Å². The second-order valence-electron chi connectivity index (χ2n) is 4.92. The minimum atomic E-state index is 0.0986. The monoisotopic (exact) mass is 198 g/mol. The van der Waals surface area contributed by atoms with Crippen LogP contribution in [0.4, 0.5) is 0 Å². The second-order valence-corrected chi connectivity index (χ2v) is 4.92. The van der Waals surface area contributed by atoms with Crippen LogP contribution in [0.15, 0.2) is 0 Å². The van der Waals surface area contributed by atoms with E-state index in [1.54, 1.807) is 0 Å². The third kappa shape index (κ3) is 2.29. The standard InChI is InChI=1S/C12H22O2/c1-9-8-13-12(14-10(9)2)11-6-4-3-5-7-11/h9-12H,3-8H2,1-2H3/t9-,10+,12+/m0/s1. The molecule has 1 saturated carbocycles. The number of hydrogen-bond donors (Lipinski definition) is 0. The van der Waals surface area contributed by atoms with E-state index in [2.05, 4.69) is 13.8 Å².